The normalized spacial score (nSPS) is 16.0. The Morgan fingerprint density at radius 2 is 1.83 bits per heavy atom. The summed E-state index contributed by atoms with van der Waals surface area (Å²) in [5.41, 5.74) is 1.87. The summed E-state index contributed by atoms with van der Waals surface area (Å²) in [6.07, 6.45) is 1.73. The summed E-state index contributed by atoms with van der Waals surface area (Å²) in [5, 5.41) is 3.46. The minimum absolute atomic E-state index is 0.0766. The van der Waals surface area contributed by atoms with Gasteiger partial charge in [-0.1, -0.05) is 41.4 Å². The van der Waals surface area contributed by atoms with Crippen molar-refractivity contribution < 1.29 is 13.2 Å². The third-order valence-electron chi connectivity index (χ3n) is 5.30. The second-order valence-electron chi connectivity index (χ2n) is 7.86. The van der Waals surface area contributed by atoms with E-state index in [1.54, 1.807) is 0 Å². The summed E-state index contributed by atoms with van der Waals surface area (Å²) in [6, 6.07) is 13.7. The molecule has 0 aliphatic carbocycles. The number of amides is 1. The maximum Gasteiger partial charge on any atom is 0.243 e. The molecule has 8 heteroatoms. The van der Waals surface area contributed by atoms with Crippen LogP contribution in [-0.4, -0.2) is 56.3 Å². The average Bonchev–Trinajstić information content (AvgIpc) is 2.69. The zero-order valence-corrected chi connectivity index (χ0v) is 18.9. The highest BCUT2D eigenvalue weighted by molar-refractivity contribution is 7.89. The Morgan fingerprint density at radius 1 is 1.17 bits per heavy atom. The SMILES string of the molecule is Cc1cccc(CN(CC(=O)NC2CCN(C)CC2)S(=O)(=O)c2ccc(Cl)cc2)c1. The van der Waals surface area contributed by atoms with Crippen LogP contribution in [0.25, 0.3) is 0 Å². The molecular formula is C22H28ClN3O3S. The largest absolute Gasteiger partial charge is 0.352 e. The van der Waals surface area contributed by atoms with E-state index in [9.17, 15) is 13.2 Å². The lowest BCUT2D eigenvalue weighted by atomic mass is 10.1. The fourth-order valence-corrected chi connectivity index (χ4v) is 5.09. The van der Waals surface area contributed by atoms with Crippen LogP contribution in [0.2, 0.25) is 5.02 Å². The third kappa shape index (κ3) is 6.04. The molecule has 1 saturated heterocycles. The number of hydrogen-bond acceptors (Lipinski definition) is 4. The highest BCUT2D eigenvalue weighted by Crippen LogP contribution is 2.21. The van der Waals surface area contributed by atoms with Gasteiger partial charge in [0.1, 0.15) is 0 Å². The van der Waals surface area contributed by atoms with Gasteiger partial charge < -0.3 is 10.2 Å². The minimum atomic E-state index is -3.87. The predicted molar refractivity (Wildman–Crippen MR) is 119 cm³/mol. The van der Waals surface area contributed by atoms with Gasteiger partial charge in [-0.05, 0) is 69.7 Å². The van der Waals surface area contributed by atoms with Crippen molar-refractivity contribution in [3.63, 3.8) is 0 Å². The van der Waals surface area contributed by atoms with Crippen molar-refractivity contribution in [3.05, 3.63) is 64.7 Å². The van der Waals surface area contributed by atoms with Crippen LogP contribution in [-0.2, 0) is 21.4 Å². The number of aryl methyl sites for hydroxylation is 1. The Morgan fingerprint density at radius 3 is 2.47 bits per heavy atom. The molecule has 0 radical (unpaired) electrons. The van der Waals surface area contributed by atoms with Crippen molar-refractivity contribution in [2.24, 2.45) is 0 Å². The van der Waals surface area contributed by atoms with Crippen molar-refractivity contribution in [3.8, 4) is 0 Å². The summed E-state index contributed by atoms with van der Waals surface area (Å²) in [7, 11) is -1.81. The second kappa shape index (κ2) is 9.92. The molecule has 1 heterocycles. The number of piperidine rings is 1. The second-order valence-corrected chi connectivity index (χ2v) is 10.2. The smallest absolute Gasteiger partial charge is 0.243 e. The predicted octanol–water partition coefficient (Wildman–Crippen LogP) is 3.05. The van der Waals surface area contributed by atoms with Crippen LogP contribution in [0, 0.1) is 6.92 Å². The molecule has 162 valence electrons. The van der Waals surface area contributed by atoms with Gasteiger partial charge in [0.05, 0.1) is 11.4 Å². The summed E-state index contributed by atoms with van der Waals surface area (Å²) in [6.45, 7) is 3.68. The van der Waals surface area contributed by atoms with E-state index in [1.165, 1.54) is 28.6 Å². The monoisotopic (exact) mass is 449 g/mol. The first-order valence-electron chi connectivity index (χ1n) is 10.0. The van der Waals surface area contributed by atoms with Crippen molar-refractivity contribution >= 4 is 27.5 Å². The van der Waals surface area contributed by atoms with E-state index in [2.05, 4.69) is 17.3 Å². The molecule has 2 aromatic carbocycles. The first-order valence-corrected chi connectivity index (χ1v) is 11.8. The maximum absolute atomic E-state index is 13.3. The molecule has 2 aromatic rings. The van der Waals surface area contributed by atoms with Crippen LogP contribution in [0.5, 0.6) is 0 Å². The molecule has 30 heavy (non-hydrogen) atoms. The molecule has 6 nitrogen and oxygen atoms in total. The van der Waals surface area contributed by atoms with E-state index in [1.807, 2.05) is 31.2 Å². The molecule has 0 unspecified atom stereocenters. The molecule has 1 N–H and O–H groups in total. The number of carbonyl (C=O) groups excluding carboxylic acids is 1. The van der Waals surface area contributed by atoms with Gasteiger partial charge in [-0.2, -0.15) is 4.31 Å². The van der Waals surface area contributed by atoms with Gasteiger partial charge in [0.15, 0.2) is 0 Å². The van der Waals surface area contributed by atoms with E-state index in [4.69, 9.17) is 11.6 Å². The molecule has 3 rings (SSSR count). The summed E-state index contributed by atoms with van der Waals surface area (Å²) < 4.78 is 27.8. The molecule has 1 aliphatic heterocycles. The Kier molecular flexibility index (Phi) is 7.52. The van der Waals surface area contributed by atoms with E-state index >= 15 is 0 Å². The molecule has 0 aromatic heterocycles. The van der Waals surface area contributed by atoms with Gasteiger partial charge in [-0.25, -0.2) is 8.42 Å². The van der Waals surface area contributed by atoms with E-state index in [0.29, 0.717) is 5.02 Å². The molecule has 0 spiro atoms. The minimum Gasteiger partial charge on any atom is -0.352 e. The Hall–Kier alpha value is -1.93. The highest BCUT2D eigenvalue weighted by atomic mass is 35.5. The van der Waals surface area contributed by atoms with Crippen molar-refractivity contribution in [2.75, 3.05) is 26.7 Å². The van der Waals surface area contributed by atoms with E-state index in [-0.39, 0.29) is 29.9 Å². The van der Waals surface area contributed by atoms with Gasteiger partial charge in [-0.15, -0.1) is 0 Å². The van der Waals surface area contributed by atoms with Gasteiger partial charge in [0, 0.05) is 17.6 Å². The molecule has 0 atom stereocenters. The fraction of sp³-hybridized carbons (Fsp3) is 0.409. The molecule has 0 saturated carbocycles. The first-order chi connectivity index (χ1) is 14.2. The van der Waals surface area contributed by atoms with Gasteiger partial charge >= 0.3 is 0 Å². The summed E-state index contributed by atoms with van der Waals surface area (Å²) in [5.74, 6) is -0.283. The van der Waals surface area contributed by atoms with Crippen LogP contribution in [0.4, 0.5) is 0 Å². The van der Waals surface area contributed by atoms with Crippen LogP contribution < -0.4 is 5.32 Å². The fourth-order valence-electron chi connectivity index (χ4n) is 3.58. The lowest BCUT2D eigenvalue weighted by molar-refractivity contribution is -0.122. The molecule has 1 amide bonds. The standard InChI is InChI=1S/C22H28ClN3O3S/c1-17-4-3-5-18(14-17)15-26(30(28,29)21-8-6-19(23)7-9-21)16-22(27)24-20-10-12-25(2)13-11-20/h3-9,14,20H,10-13,15-16H2,1-2H3,(H,24,27). The first kappa shape index (κ1) is 22.7. The van der Waals surface area contributed by atoms with Crippen molar-refractivity contribution in [1.82, 2.24) is 14.5 Å². The topological polar surface area (TPSA) is 69.7 Å². The number of rotatable bonds is 7. The zero-order valence-electron chi connectivity index (χ0n) is 17.3. The van der Waals surface area contributed by atoms with Gasteiger partial charge in [0.2, 0.25) is 15.9 Å². The summed E-state index contributed by atoms with van der Waals surface area (Å²) >= 11 is 5.92. The number of nitrogens with one attached hydrogen (secondary N) is 1. The number of sulfonamides is 1. The lowest BCUT2D eigenvalue weighted by Crippen LogP contribution is -2.47. The Labute approximate surface area is 183 Å². The van der Waals surface area contributed by atoms with Crippen LogP contribution in [0.15, 0.2) is 53.4 Å². The van der Waals surface area contributed by atoms with E-state index < -0.39 is 10.0 Å². The molecule has 1 fully saturated rings. The number of likely N-dealkylation sites (tertiary alicyclic amines) is 1. The summed E-state index contributed by atoms with van der Waals surface area (Å²) in [4.78, 5) is 15.1. The highest BCUT2D eigenvalue weighted by Gasteiger charge is 2.28. The van der Waals surface area contributed by atoms with E-state index in [0.717, 1.165) is 37.1 Å². The zero-order chi connectivity index (χ0) is 21.7. The molecule has 0 bridgehead atoms. The third-order valence-corrected chi connectivity index (χ3v) is 7.35. The van der Waals surface area contributed by atoms with Crippen LogP contribution in [0.3, 0.4) is 0 Å². The van der Waals surface area contributed by atoms with Crippen LogP contribution in [0.1, 0.15) is 24.0 Å². The van der Waals surface area contributed by atoms with Gasteiger partial charge in [-0.3, -0.25) is 4.79 Å². The molecule has 1 aliphatic rings. The molecular weight excluding hydrogens is 422 g/mol. The van der Waals surface area contributed by atoms with Crippen LogP contribution >= 0.6 is 11.6 Å². The number of carbonyl (C=O) groups is 1. The van der Waals surface area contributed by atoms with Crippen molar-refractivity contribution in [2.45, 2.75) is 37.2 Å². The van der Waals surface area contributed by atoms with Crippen molar-refractivity contribution in [1.29, 1.82) is 0 Å². The quantitative estimate of drug-likeness (QED) is 0.705. The van der Waals surface area contributed by atoms with Gasteiger partial charge in [0.25, 0.3) is 0 Å². The lowest BCUT2D eigenvalue weighted by Gasteiger charge is -2.30. The maximum atomic E-state index is 13.3. The average molecular weight is 450 g/mol. The number of nitrogens with zero attached hydrogens (tertiary/aromatic N) is 2. The number of hydrogen-bond donors (Lipinski definition) is 1. The Bertz CT molecular complexity index is 971. The number of halogens is 1. The number of benzene rings is 2. The Balaban J connectivity index is 1.79.